The normalized spacial score (nSPS) is 31.7. The van der Waals surface area contributed by atoms with E-state index in [-0.39, 0.29) is 5.41 Å². The lowest BCUT2D eigenvalue weighted by Crippen LogP contribution is -2.48. The molecule has 0 aromatic carbocycles. The highest BCUT2D eigenvalue weighted by Gasteiger charge is 2.42. The number of ether oxygens (including phenoxy) is 1. The number of hydrogen-bond donors (Lipinski definition) is 1. The summed E-state index contributed by atoms with van der Waals surface area (Å²) in [6, 6.07) is 0. The molecule has 1 spiro atoms. The Balaban J connectivity index is 2.01. The number of fused-ring (bicyclic) bond motifs is 2. The Morgan fingerprint density at radius 3 is 3.36 bits per heavy atom. The van der Waals surface area contributed by atoms with Crippen LogP contribution >= 0.6 is 0 Å². The first-order valence-electron chi connectivity index (χ1n) is 5.13. The van der Waals surface area contributed by atoms with Crippen LogP contribution < -0.4 is 5.32 Å². The number of nitrogens with zero attached hydrogens (tertiary/aromatic N) is 1. The Morgan fingerprint density at radius 2 is 2.50 bits per heavy atom. The Hall–Kier alpha value is -0.870. The summed E-state index contributed by atoms with van der Waals surface area (Å²) >= 11 is 0. The van der Waals surface area contributed by atoms with E-state index in [1.165, 1.54) is 5.56 Å². The predicted octanol–water partition coefficient (Wildman–Crippen LogP) is 0.826. The highest BCUT2D eigenvalue weighted by atomic mass is 16.5. The van der Waals surface area contributed by atoms with Crippen molar-refractivity contribution < 1.29 is 9.26 Å². The van der Waals surface area contributed by atoms with E-state index in [9.17, 15) is 0 Å². The number of rotatable bonds is 0. The molecule has 1 saturated heterocycles. The lowest BCUT2D eigenvalue weighted by Gasteiger charge is -2.38. The molecule has 0 radical (unpaired) electrons. The molecule has 1 atom stereocenters. The largest absolute Gasteiger partial charge is 0.380 e. The van der Waals surface area contributed by atoms with Crippen LogP contribution in [0.4, 0.5) is 0 Å². The Kier molecular flexibility index (Phi) is 1.85. The fraction of sp³-hybridized carbons (Fsp3) is 0.700. The van der Waals surface area contributed by atoms with Gasteiger partial charge in [-0.15, -0.1) is 0 Å². The molecule has 1 aromatic heterocycles. The summed E-state index contributed by atoms with van der Waals surface area (Å²) in [6.45, 7) is 3.48. The monoisotopic (exact) mass is 194 g/mol. The molecular formula is C10H14N2O2. The predicted molar refractivity (Wildman–Crippen MR) is 49.9 cm³/mol. The van der Waals surface area contributed by atoms with Crippen LogP contribution in [-0.2, 0) is 16.7 Å². The molecule has 1 fully saturated rings. The van der Waals surface area contributed by atoms with E-state index in [2.05, 4.69) is 10.5 Å². The van der Waals surface area contributed by atoms with Crippen molar-refractivity contribution >= 4 is 0 Å². The average Bonchev–Trinajstić information content (AvgIpc) is 2.69. The summed E-state index contributed by atoms with van der Waals surface area (Å²) in [4.78, 5) is 0. The van der Waals surface area contributed by atoms with Gasteiger partial charge in [-0.1, -0.05) is 5.16 Å². The highest BCUT2D eigenvalue weighted by molar-refractivity contribution is 5.27. The van der Waals surface area contributed by atoms with Gasteiger partial charge < -0.3 is 14.6 Å². The molecule has 4 heteroatoms. The smallest absolute Gasteiger partial charge is 0.150 e. The molecule has 2 aliphatic rings. The second-order valence-electron chi connectivity index (χ2n) is 4.22. The van der Waals surface area contributed by atoms with Gasteiger partial charge in [0.05, 0.1) is 18.2 Å². The maximum absolute atomic E-state index is 5.56. The van der Waals surface area contributed by atoms with Gasteiger partial charge in [0.25, 0.3) is 0 Å². The molecule has 0 amide bonds. The van der Waals surface area contributed by atoms with Gasteiger partial charge in [0, 0.05) is 25.3 Å². The van der Waals surface area contributed by atoms with E-state index in [0.29, 0.717) is 0 Å². The van der Waals surface area contributed by atoms with E-state index in [0.717, 1.165) is 44.9 Å². The molecule has 0 saturated carbocycles. The Labute approximate surface area is 82.6 Å². The third kappa shape index (κ3) is 1.11. The van der Waals surface area contributed by atoms with Crippen LogP contribution in [0.5, 0.6) is 0 Å². The van der Waals surface area contributed by atoms with Gasteiger partial charge in [-0.2, -0.15) is 0 Å². The van der Waals surface area contributed by atoms with E-state index in [1.807, 2.05) is 6.20 Å². The van der Waals surface area contributed by atoms with Gasteiger partial charge in [-0.25, -0.2) is 0 Å². The summed E-state index contributed by atoms with van der Waals surface area (Å²) in [7, 11) is 0. The fourth-order valence-corrected chi connectivity index (χ4v) is 2.51. The van der Waals surface area contributed by atoms with Crippen molar-refractivity contribution in [3.63, 3.8) is 0 Å². The second-order valence-corrected chi connectivity index (χ2v) is 4.22. The van der Waals surface area contributed by atoms with Crippen LogP contribution in [0, 0.1) is 0 Å². The molecule has 14 heavy (non-hydrogen) atoms. The van der Waals surface area contributed by atoms with Gasteiger partial charge in [0.1, 0.15) is 0 Å². The van der Waals surface area contributed by atoms with Crippen LogP contribution in [0.1, 0.15) is 24.2 Å². The minimum Gasteiger partial charge on any atom is -0.380 e. The molecule has 0 aliphatic carbocycles. The van der Waals surface area contributed by atoms with Crippen LogP contribution in [0.2, 0.25) is 0 Å². The van der Waals surface area contributed by atoms with Crippen LogP contribution in [0.25, 0.3) is 0 Å². The third-order valence-electron chi connectivity index (χ3n) is 3.23. The average molecular weight is 194 g/mol. The van der Waals surface area contributed by atoms with Gasteiger partial charge in [-0.05, 0) is 12.8 Å². The van der Waals surface area contributed by atoms with Crippen molar-refractivity contribution in [1.82, 2.24) is 10.5 Å². The minimum atomic E-state index is 0.0579. The van der Waals surface area contributed by atoms with Gasteiger partial charge in [-0.3, -0.25) is 0 Å². The SMILES string of the molecule is c1noc2c1CNCC21CCCOC1. The maximum Gasteiger partial charge on any atom is 0.150 e. The first-order chi connectivity index (χ1) is 6.91. The van der Waals surface area contributed by atoms with Crippen LogP contribution in [-0.4, -0.2) is 24.9 Å². The first-order valence-corrected chi connectivity index (χ1v) is 5.13. The molecule has 1 N–H and O–H groups in total. The molecule has 1 unspecified atom stereocenters. The summed E-state index contributed by atoms with van der Waals surface area (Å²) in [5.74, 6) is 1.05. The van der Waals surface area contributed by atoms with Crippen molar-refractivity contribution in [2.45, 2.75) is 24.8 Å². The van der Waals surface area contributed by atoms with Gasteiger partial charge in [0.2, 0.25) is 0 Å². The standard InChI is InChI=1S/C10H14N2O2/c1-2-10(7-13-3-1)6-11-4-8-5-12-14-9(8)10/h5,11H,1-4,6-7H2. The fourth-order valence-electron chi connectivity index (χ4n) is 2.51. The molecule has 1 aromatic rings. The maximum atomic E-state index is 5.56. The zero-order valence-electron chi connectivity index (χ0n) is 8.08. The molecule has 76 valence electrons. The third-order valence-corrected chi connectivity index (χ3v) is 3.23. The molecule has 4 nitrogen and oxygen atoms in total. The number of aromatic nitrogens is 1. The number of nitrogens with one attached hydrogen (secondary N) is 1. The molecule has 3 heterocycles. The lowest BCUT2D eigenvalue weighted by molar-refractivity contribution is 0.0184. The van der Waals surface area contributed by atoms with Crippen LogP contribution in [0.15, 0.2) is 10.7 Å². The zero-order chi connectivity index (χ0) is 9.43. The van der Waals surface area contributed by atoms with Crippen LogP contribution in [0.3, 0.4) is 0 Å². The molecule has 2 aliphatic heterocycles. The molecule has 0 bridgehead atoms. The topological polar surface area (TPSA) is 47.3 Å². The van der Waals surface area contributed by atoms with Crippen molar-refractivity contribution in [3.8, 4) is 0 Å². The summed E-state index contributed by atoms with van der Waals surface area (Å²) < 4.78 is 10.9. The van der Waals surface area contributed by atoms with E-state index in [4.69, 9.17) is 9.26 Å². The van der Waals surface area contributed by atoms with Crippen molar-refractivity contribution in [1.29, 1.82) is 0 Å². The highest BCUT2D eigenvalue weighted by Crippen LogP contribution is 2.36. The number of hydrogen-bond acceptors (Lipinski definition) is 4. The van der Waals surface area contributed by atoms with E-state index >= 15 is 0 Å². The summed E-state index contributed by atoms with van der Waals surface area (Å²) in [5.41, 5.74) is 1.25. The second kappa shape index (κ2) is 3.07. The van der Waals surface area contributed by atoms with Crippen molar-refractivity contribution in [2.75, 3.05) is 19.8 Å². The molecular weight excluding hydrogens is 180 g/mol. The molecule has 3 rings (SSSR count). The van der Waals surface area contributed by atoms with Gasteiger partial charge in [0.15, 0.2) is 5.76 Å². The zero-order valence-corrected chi connectivity index (χ0v) is 8.08. The van der Waals surface area contributed by atoms with E-state index in [1.54, 1.807) is 0 Å². The van der Waals surface area contributed by atoms with Crippen molar-refractivity contribution in [3.05, 3.63) is 17.5 Å². The Bertz CT molecular complexity index is 329. The summed E-state index contributed by atoms with van der Waals surface area (Å²) in [5, 5.41) is 7.29. The lowest BCUT2D eigenvalue weighted by atomic mass is 9.77. The van der Waals surface area contributed by atoms with E-state index < -0.39 is 0 Å². The van der Waals surface area contributed by atoms with Gasteiger partial charge >= 0.3 is 0 Å². The Morgan fingerprint density at radius 1 is 1.50 bits per heavy atom. The minimum absolute atomic E-state index is 0.0579. The first kappa shape index (κ1) is 8.44. The van der Waals surface area contributed by atoms with Crippen molar-refractivity contribution in [2.24, 2.45) is 0 Å². The summed E-state index contributed by atoms with van der Waals surface area (Å²) in [6.07, 6.45) is 4.07. The quantitative estimate of drug-likeness (QED) is 0.664.